The minimum absolute atomic E-state index is 0.00469. The molecule has 0 bridgehead atoms. The topological polar surface area (TPSA) is 84.9 Å². The number of alkyl halides is 2. The van der Waals surface area contributed by atoms with Gasteiger partial charge in [0.05, 0.1) is 12.2 Å². The van der Waals surface area contributed by atoms with Crippen molar-refractivity contribution in [2.75, 3.05) is 48.3 Å². The maximum Gasteiger partial charge on any atom is 0.263 e. The molecule has 1 saturated heterocycles. The van der Waals surface area contributed by atoms with Gasteiger partial charge in [0.1, 0.15) is 5.75 Å². The second-order valence-corrected chi connectivity index (χ2v) is 6.70. The Bertz CT molecular complexity index is 853. The maximum atomic E-state index is 12.7. The molecule has 7 nitrogen and oxygen atoms in total. The van der Waals surface area contributed by atoms with E-state index in [9.17, 15) is 23.5 Å². The highest BCUT2D eigenvalue weighted by molar-refractivity contribution is 5.93. The molecule has 154 valence electrons. The number of hydrogen-bond acceptors (Lipinski definition) is 5. The standard InChI is InChI=1S/C20H22F2N4O3/c21-20(22)14-1-4-16(5-2-14)26-9-7-25(8-10-26)12-19(29)24-15-3-6-17(23-13-27)18(28)11-15/h1-6,11,13,20,28H,7-10,12H2,(H,23,27)(H,24,29). The fraction of sp³-hybridized carbons (Fsp3) is 0.300. The molecule has 2 aromatic rings. The van der Waals surface area contributed by atoms with E-state index >= 15 is 0 Å². The summed E-state index contributed by atoms with van der Waals surface area (Å²) in [6.07, 6.45) is -2.01. The van der Waals surface area contributed by atoms with Crippen molar-refractivity contribution >= 4 is 29.4 Å². The maximum absolute atomic E-state index is 12.7. The molecule has 2 aromatic carbocycles. The van der Waals surface area contributed by atoms with E-state index < -0.39 is 6.43 Å². The predicted molar refractivity (Wildman–Crippen MR) is 106 cm³/mol. The van der Waals surface area contributed by atoms with E-state index in [-0.39, 0.29) is 29.5 Å². The summed E-state index contributed by atoms with van der Waals surface area (Å²) in [5.41, 5.74) is 1.58. The summed E-state index contributed by atoms with van der Waals surface area (Å²) in [5.74, 6) is -0.350. The van der Waals surface area contributed by atoms with Crippen LogP contribution in [-0.2, 0) is 9.59 Å². The van der Waals surface area contributed by atoms with E-state index in [2.05, 4.69) is 15.5 Å². The molecule has 0 atom stereocenters. The van der Waals surface area contributed by atoms with Crippen molar-refractivity contribution in [3.05, 3.63) is 48.0 Å². The number of nitrogens with one attached hydrogen (secondary N) is 2. The molecule has 1 aliphatic rings. The number of phenols is 1. The third-order valence-electron chi connectivity index (χ3n) is 4.75. The quantitative estimate of drug-likeness (QED) is 0.488. The molecular weight excluding hydrogens is 382 g/mol. The van der Waals surface area contributed by atoms with Crippen molar-refractivity contribution < 1.29 is 23.5 Å². The molecule has 0 unspecified atom stereocenters. The van der Waals surface area contributed by atoms with E-state index in [4.69, 9.17) is 0 Å². The molecule has 1 fully saturated rings. The predicted octanol–water partition coefficient (Wildman–Crippen LogP) is 2.66. The Morgan fingerprint density at radius 2 is 1.79 bits per heavy atom. The van der Waals surface area contributed by atoms with E-state index in [1.165, 1.54) is 24.3 Å². The Labute approximate surface area is 166 Å². The van der Waals surface area contributed by atoms with Crippen LogP contribution in [-0.4, -0.2) is 55.0 Å². The van der Waals surface area contributed by atoms with Crippen LogP contribution in [0, 0.1) is 0 Å². The molecule has 0 spiro atoms. The largest absolute Gasteiger partial charge is 0.506 e. The van der Waals surface area contributed by atoms with Crippen LogP contribution in [0.3, 0.4) is 0 Å². The zero-order valence-corrected chi connectivity index (χ0v) is 15.6. The van der Waals surface area contributed by atoms with Crippen LogP contribution in [0.2, 0.25) is 0 Å². The summed E-state index contributed by atoms with van der Waals surface area (Å²) in [5, 5.41) is 14.9. The van der Waals surface area contributed by atoms with Crippen LogP contribution < -0.4 is 15.5 Å². The van der Waals surface area contributed by atoms with Gasteiger partial charge in [-0.2, -0.15) is 0 Å². The lowest BCUT2D eigenvalue weighted by atomic mass is 10.2. The van der Waals surface area contributed by atoms with Gasteiger partial charge in [0.2, 0.25) is 12.3 Å². The number of phenolic OH excluding ortho intramolecular Hbond substituents is 1. The minimum Gasteiger partial charge on any atom is -0.506 e. The lowest BCUT2D eigenvalue weighted by Gasteiger charge is -2.35. The van der Waals surface area contributed by atoms with E-state index in [0.717, 1.165) is 5.69 Å². The third-order valence-corrected chi connectivity index (χ3v) is 4.75. The molecule has 3 rings (SSSR count). The molecule has 0 aliphatic carbocycles. The first-order valence-corrected chi connectivity index (χ1v) is 9.14. The number of halogens is 2. The first-order chi connectivity index (χ1) is 14.0. The van der Waals surface area contributed by atoms with E-state index in [1.807, 2.05) is 4.90 Å². The number of carbonyl (C=O) groups excluding carboxylic acids is 2. The van der Waals surface area contributed by atoms with Crippen molar-refractivity contribution in [1.82, 2.24) is 4.90 Å². The molecule has 1 aliphatic heterocycles. The second kappa shape index (κ2) is 9.33. The molecule has 29 heavy (non-hydrogen) atoms. The Kier molecular flexibility index (Phi) is 6.61. The third kappa shape index (κ3) is 5.41. The number of nitrogens with zero attached hydrogens (tertiary/aromatic N) is 2. The molecule has 0 radical (unpaired) electrons. The van der Waals surface area contributed by atoms with Crippen molar-refractivity contribution in [3.8, 4) is 5.75 Å². The van der Waals surface area contributed by atoms with Gasteiger partial charge in [-0.1, -0.05) is 12.1 Å². The van der Waals surface area contributed by atoms with Gasteiger partial charge in [0, 0.05) is 49.2 Å². The van der Waals surface area contributed by atoms with Crippen molar-refractivity contribution in [3.63, 3.8) is 0 Å². The van der Waals surface area contributed by atoms with E-state index in [0.29, 0.717) is 38.3 Å². The van der Waals surface area contributed by atoms with Gasteiger partial charge in [0.15, 0.2) is 0 Å². The molecule has 0 aromatic heterocycles. The Hall–Kier alpha value is -3.20. The highest BCUT2D eigenvalue weighted by Gasteiger charge is 2.20. The number of benzene rings is 2. The molecular formula is C20H22F2N4O3. The lowest BCUT2D eigenvalue weighted by Crippen LogP contribution is -2.48. The average Bonchev–Trinajstić information content (AvgIpc) is 2.71. The van der Waals surface area contributed by atoms with E-state index in [1.54, 1.807) is 18.2 Å². The van der Waals surface area contributed by atoms with Crippen molar-refractivity contribution in [2.45, 2.75) is 6.43 Å². The summed E-state index contributed by atoms with van der Waals surface area (Å²) in [7, 11) is 0. The van der Waals surface area contributed by atoms with Gasteiger partial charge in [-0.25, -0.2) is 8.78 Å². The Balaban J connectivity index is 1.48. The van der Waals surface area contributed by atoms with Crippen LogP contribution in [0.5, 0.6) is 5.75 Å². The van der Waals surface area contributed by atoms with Crippen LogP contribution in [0.15, 0.2) is 42.5 Å². The molecule has 0 saturated carbocycles. The molecule has 2 amide bonds. The van der Waals surface area contributed by atoms with Crippen LogP contribution in [0.25, 0.3) is 0 Å². The minimum atomic E-state index is -2.47. The Morgan fingerprint density at radius 3 is 2.38 bits per heavy atom. The fourth-order valence-electron chi connectivity index (χ4n) is 3.19. The number of piperazine rings is 1. The normalized spacial score (nSPS) is 14.7. The van der Waals surface area contributed by atoms with Gasteiger partial charge in [-0.05, 0) is 24.3 Å². The number of amides is 2. The number of aromatic hydroxyl groups is 1. The molecule has 1 heterocycles. The van der Waals surface area contributed by atoms with Crippen LogP contribution >= 0.6 is 0 Å². The first-order valence-electron chi connectivity index (χ1n) is 9.14. The van der Waals surface area contributed by atoms with Crippen molar-refractivity contribution in [1.29, 1.82) is 0 Å². The lowest BCUT2D eigenvalue weighted by molar-refractivity contribution is -0.117. The van der Waals surface area contributed by atoms with Gasteiger partial charge in [-0.3, -0.25) is 14.5 Å². The summed E-state index contributed by atoms with van der Waals surface area (Å²) in [6, 6.07) is 10.7. The zero-order valence-electron chi connectivity index (χ0n) is 15.6. The average molecular weight is 404 g/mol. The van der Waals surface area contributed by atoms with Crippen LogP contribution in [0.4, 0.5) is 25.8 Å². The molecule has 3 N–H and O–H groups in total. The number of carbonyl (C=O) groups is 2. The van der Waals surface area contributed by atoms with Crippen LogP contribution in [0.1, 0.15) is 12.0 Å². The SMILES string of the molecule is O=CNc1ccc(NC(=O)CN2CCN(c3ccc(C(F)F)cc3)CC2)cc1O. The number of rotatable bonds is 7. The highest BCUT2D eigenvalue weighted by atomic mass is 19.3. The second-order valence-electron chi connectivity index (χ2n) is 6.70. The highest BCUT2D eigenvalue weighted by Crippen LogP contribution is 2.26. The van der Waals surface area contributed by atoms with Gasteiger partial charge in [-0.15, -0.1) is 0 Å². The zero-order chi connectivity index (χ0) is 20.8. The monoisotopic (exact) mass is 404 g/mol. The number of anilines is 3. The first kappa shape index (κ1) is 20.5. The number of hydrogen-bond donors (Lipinski definition) is 3. The summed E-state index contributed by atoms with van der Waals surface area (Å²) in [6.45, 7) is 2.91. The smallest absolute Gasteiger partial charge is 0.263 e. The summed E-state index contributed by atoms with van der Waals surface area (Å²) >= 11 is 0. The molecule has 9 heteroatoms. The summed E-state index contributed by atoms with van der Waals surface area (Å²) in [4.78, 5) is 26.8. The van der Waals surface area contributed by atoms with Crippen molar-refractivity contribution in [2.24, 2.45) is 0 Å². The van der Waals surface area contributed by atoms with Gasteiger partial charge >= 0.3 is 0 Å². The summed E-state index contributed by atoms with van der Waals surface area (Å²) < 4.78 is 25.3. The van der Waals surface area contributed by atoms with Gasteiger partial charge in [0.25, 0.3) is 6.43 Å². The van der Waals surface area contributed by atoms with Gasteiger partial charge < -0.3 is 20.6 Å². The fourth-order valence-corrected chi connectivity index (χ4v) is 3.19. The Morgan fingerprint density at radius 1 is 1.10 bits per heavy atom.